The Morgan fingerprint density at radius 1 is 1.33 bits per heavy atom. The average Bonchev–Trinajstić information content (AvgIpc) is 3.01. The molecule has 1 aromatic carbocycles. The Kier molecular flexibility index (Phi) is 3.99. The summed E-state index contributed by atoms with van der Waals surface area (Å²) in [7, 11) is 1.95. The summed E-state index contributed by atoms with van der Waals surface area (Å²) in [6.45, 7) is 0.657. The molecule has 0 saturated carbocycles. The zero-order valence-corrected chi connectivity index (χ0v) is 13.7. The molecule has 0 saturated heterocycles. The minimum absolute atomic E-state index is 0.286. The van der Waals surface area contributed by atoms with Crippen molar-refractivity contribution in [2.24, 2.45) is 7.05 Å². The van der Waals surface area contributed by atoms with Crippen molar-refractivity contribution >= 4 is 38.6 Å². The number of benzene rings is 1. The summed E-state index contributed by atoms with van der Waals surface area (Å²) in [5.74, 6) is 1.68. The first-order valence-electron chi connectivity index (χ1n) is 6.46. The Labute approximate surface area is 134 Å². The predicted molar refractivity (Wildman–Crippen MR) is 83.9 cm³/mol. The molecule has 0 aliphatic heterocycles. The van der Waals surface area contributed by atoms with Crippen LogP contribution in [0.15, 0.2) is 29.0 Å². The first-order valence-corrected chi connectivity index (χ1v) is 7.79. The molecular weight excluding hydrogens is 359 g/mol. The normalized spacial score (nSPS) is 11.4. The molecule has 7 heteroatoms. The van der Waals surface area contributed by atoms with Crippen molar-refractivity contribution in [2.75, 3.05) is 0 Å². The van der Waals surface area contributed by atoms with Crippen molar-refractivity contribution in [2.45, 2.75) is 18.8 Å². The molecule has 0 N–H and O–H groups in total. The van der Waals surface area contributed by atoms with Crippen LogP contribution in [-0.2, 0) is 25.9 Å². The van der Waals surface area contributed by atoms with Gasteiger partial charge in [0.25, 0.3) is 0 Å². The van der Waals surface area contributed by atoms with E-state index in [0.29, 0.717) is 11.0 Å². The third-order valence-corrected chi connectivity index (χ3v) is 4.32. The second-order valence-electron chi connectivity index (χ2n) is 4.77. The third-order valence-electron chi connectivity index (χ3n) is 3.47. The van der Waals surface area contributed by atoms with Gasteiger partial charge in [0.2, 0.25) is 0 Å². The van der Waals surface area contributed by atoms with Crippen LogP contribution >= 0.6 is 27.5 Å². The van der Waals surface area contributed by atoms with E-state index in [2.05, 4.69) is 25.9 Å². The van der Waals surface area contributed by atoms with Crippen LogP contribution in [-0.4, -0.2) is 19.1 Å². The van der Waals surface area contributed by atoms with E-state index in [1.165, 1.54) is 6.07 Å². The van der Waals surface area contributed by atoms with E-state index < -0.39 is 0 Å². The van der Waals surface area contributed by atoms with Crippen LogP contribution in [0.3, 0.4) is 0 Å². The molecule has 0 aliphatic carbocycles. The predicted octanol–water partition coefficient (Wildman–Crippen LogP) is 3.65. The van der Waals surface area contributed by atoms with Crippen molar-refractivity contribution in [1.29, 1.82) is 0 Å². The largest absolute Gasteiger partial charge is 0.338 e. The number of imidazole rings is 2. The Morgan fingerprint density at radius 2 is 2.14 bits per heavy atom. The van der Waals surface area contributed by atoms with Crippen LogP contribution < -0.4 is 0 Å². The topological polar surface area (TPSA) is 35.6 Å². The van der Waals surface area contributed by atoms with E-state index >= 15 is 0 Å². The second kappa shape index (κ2) is 5.77. The maximum Gasteiger partial charge on any atom is 0.139 e. The average molecular weight is 372 g/mol. The third kappa shape index (κ3) is 2.70. The van der Waals surface area contributed by atoms with Crippen molar-refractivity contribution in [3.05, 3.63) is 46.5 Å². The van der Waals surface area contributed by atoms with Gasteiger partial charge in [0, 0.05) is 38.5 Å². The SMILES string of the molecule is Cn1ccnc1CCn1c(CCl)nc2cc(Br)c(F)cc21. The zero-order valence-electron chi connectivity index (χ0n) is 11.4. The first kappa shape index (κ1) is 14.5. The van der Waals surface area contributed by atoms with Crippen molar-refractivity contribution < 1.29 is 4.39 Å². The number of hydrogen-bond acceptors (Lipinski definition) is 2. The Morgan fingerprint density at radius 3 is 2.81 bits per heavy atom. The molecule has 21 heavy (non-hydrogen) atoms. The van der Waals surface area contributed by atoms with E-state index in [0.717, 1.165) is 29.1 Å². The molecular formula is C14H13BrClFN4. The molecule has 0 aliphatic rings. The van der Waals surface area contributed by atoms with Crippen LogP contribution in [0.4, 0.5) is 4.39 Å². The van der Waals surface area contributed by atoms with E-state index in [9.17, 15) is 4.39 Å². The highest BCUT2D eigenvalue weighted by Gasteiger charge is 2.13. The molecule has 0 unspecified atom stereocenters. The first-order chi connectivity index (χ1) is 10.1. The van der Waals surface area contributed by atoms with Gasteiger partial charge in [-0.2, -0.15) is 0 Å². The highest BCUT2D eigenvalue weighted by atomic mass is 79.9. The smallest absolute Gasteiger partial charge is 0.139 e. The molecule has 0 atom stereocenters. The number of aromatic nitrogens is 4. The van der Waals surface area contributed by atoms with Gasteiger partial charge in [-0.1, -0.05) is 0 Å². The van der Waals surface area contributed by atoms with Crippen LogP contribution in [0, 0.1) is 5.82 Å². The molecule has 0 amide bonds. The molecule has 0 fully saturated rings. The Hall–Kier alpha value is -1.40. The molecule has 0 bridgehead atoms. The minimum atomic E-state index is -0.304. The van der Waals surface area contributed by atoms with Crippen LogP contribution in [0.1, 0.15) is 11.6 Å². The van der Waals surface area contributed by atoms with Gasteiger partial charge in [0.15, 0.2) is 0 Å². The Balaban J connectivity index is 2.00. The fourth-order valence-corrected chi connectivity index (χ4v) is 2.91. The lowest BCUT2D eigenvalue weighted by Crippen LogP contribution is -2.08. The summed E-state index contributed by atoms with van der Waals surface area (Å²) in [5.41, 5.74) is 1.49. The standard InChI is InChI=1S/C14H13BrClFN4/c1-20-5-3-18-13(20)2-4-21-12-7-10(17)9(15)6-11(12)19-14(21)8-16/h3,5-7H,2,4,8H2,1H3. The van der Waals surface area contributed by atoms with Crippen molar-refractivity contribution in [1.82, 2.24) is 19.1 Å². The number of nitrogens with zero attached hydrogens (tertiary/aromatic N) is 4. The number of rotatable bonds is 4. The van der Waals surface area contributed by atoms with Gasteiger partial charge in [-0.25, -0.2) is 14.4 Å². The summed E-state index contributed by atoms with van der Waals surface area (Å²) >= 11 is 9.15. The summed E-state index contributed by atoms with van der Waals surface area (Å²) in [5, 5.41) is 0. The molecule has 2 heterocycles. The minimum Gasteiger partial charge on any atom is -0.338 e. The summed E-state index contributed by atoms with van der Waals surface area (Å²) < 4.78 is 18.1. The van der Waals surface area contributed by atoms with Crippen LogP contribution in [0.25, 0.3) is 11.0 Å². The highest BCUT2D eigenvalue weighted by molar-refractivity contribution is 9.10. The van der Waals surface area contributed by atoms with Gasteiger partial charge < -0.3 is 9.13 Å². The van der Waals surface area contributed by atoms with E-state index in [-0.39, 0.29) is 11.7 Å². The van der Waals surface area contributed by atoms with Gasteiger partial charge in [-0.3, -0.25) is 0 Å². The number of halogens is 3. The van der Waals surface area contributed by atoms with Gasteiger partial charge in [-0.15, -0.1) is 11.6 Å². The Bertz CT molecular complexity index is 796. The van der Waals surface area contributed by atoms with Crippen molar-refractivity contribution in [3.8, 4) is 0 Å². The van der Waals surface area contributed by atoms with E-state index in [1.807, 2.05) is 22.4 Å². The van der Waals surface area contributed by atoms with Crippen LogP contribution in [0.5, 0.6) is 0 Å². The molecule has 4 nitrogen and oxygen atoms in total. The molecule has 2 aromatic heterocycles. The maximum absolute atomic E-state index is 13.8. The second-order valence-corrected chi connectivity index (χ2v) is 5.89. The summed E-state index contributed by atoms with van der Waals surface area (Å²) in [4.78, 5) is 8.76. The van der Waals surface area contributed by atoms with Gasteiger partial charge in [0.05, 0.1) is 21.4 Å². The summed E-state index contributed by atoms with van der Waals surface area (Å²) in [6, 6.07) is 3.17. The monoisotopic (exact) mass is 370 g/mol. The molecule has 0 radical (unpaired) electrons. The molecule has 3 rings (SSSR count). The lowest BCUT2D eigenvalue weighted by atomic mass is 10.3. The quantitative estimate of drug-likeness (QED) is 0.656. The number of alkyl halides is 1. The number of hydrogen-bond donors (Lipinski definition) is 0. The van der Waals surface area contributed by atoms with Crippen LogP contribution in [0.2, 0.25) is 0 Å². The number of aryl methyl sites for hydroxylation is 3. The highest BCUT2D eigenvalue weighted by Crippen LogP contribution is 2.25. The fourth-order valence-electron chi connectivity index (χ4n) is 2.37. The summed E-state index contributed by atoms with van der Waals surface area (Å²) in [6.07, 6.45) is 4.40. The fraction of sp³-hybridized carbons (Fsp3) is 0.286. The van der Waals surface area contributed by atoms with Gasteiger partial charge in [0.1, 0.15) is 17.5 Å². The van der Waals surface area contributed by atoms with Crippen molar-refractivity contribution in [3.63, 3.8) is 0 Å². The van der Waals surface area contributed by atoms with Gasteiger partial charge >= 0.3 is 0 Å². The molecule has 110 valence electrons. The number of fused-ring (bicyclic) bond motifs is 1. The molecule has 0 spiro atoms. The lowest BCUT2D eigenvalue weighted by Gasteiger charge is -2.08. The maximum atomic E-state index is 13.8. The van der Waals surface area contributed by atoms with Gasteiger partial charge in [-0.05, 0) is 22.0 Å². The van der Waals surface area contributed by atoms with E-state index in [4.69, 9.17) is 11.6 Å². The zero-order chi connectivity index (χ0) is 15.0. The van der Waals surface area contributed by atoms with E-state index in [1.54, 1.807) is 12.3 Å². The molecule has 3 aromatic rings. The lowest BCUT2D eigenvalue weighted by molar-refractivity contribution is 0.618.